The molecule has 1 aromatic heterocycles. The summed E-state index contributed by atoms with van der Waals surface area (Å²) in [6.45, 7) is 3.28. The maximum atomic E-state index is 12.7. The van der Waals surface area contributed by atoms with Crippen molar-refractivity contribution in [3.8, 4) is 0 Å². The third kappa shape index (κ3) is 2.58. The number of likely N-dealkylation sites (tertiary alicyclic amines) is 1. The van der Waals surface area contributed by atoms with E-state index in [0.29, 0.717) is 36.1 Å². The Morgan fingerprint density at radius 2 is 2.08 bits per heavy atom. The summed E-state index contributed by atoms with van der Waals surface area (Å²) >= 11 is 0. The number of nitrogens with one attached hydrogen (secondary N) is 1. The van der Waals surface area contributed by atoms with Crippen molar-refractivity contribution in [1.82, 2.24) is 20.0 Å². The minimum absolute atomic E-state index is 0.0482. The van der Waals surface area contributed by atoms with Gasteiger partial charge in [-0.2, -0.15) is 5.10 Å². The molecule has 2 aliphatic carbocycles. The normalized spacial score (nSPS) is 38.5. The number of allylic oxidation sites excluding steroid dienone is 2. The number of nitrogens with zero attached hydrogens (tertiary/aromatic N) is 3. The molecule has 4 aliphatic rings. The fourth-order valence-electron chi connectivity index (χ4n) is 5.45. The second kappa shape index (κ2) is 5.87. The van der Waals surface area contributed by atoms with Crippen LogP contribution in [-0.4, -0.2) is 47.0 Å². The summed E-state index contributed by atoms with van der Waals surface area (Å²) in [5.41, 5.74) is 1.11. The third-order valence-electron chi connectivity index (χ3n) is 6.73. The number of rotatable bonds is 3. The van der Waals surface area contributed by atoms with Gasteiger partial charge in [0.2, 0.25) is 0 Å². The Bertz CT molecular complexity index is 679. The van der Waals surface area contributed by atoms with E-state index in [-0.39, 0.29) is 12.1 Å². The zero-order valence-electron chi connectivity index (χ0n) is 14.7. The maximum absolute atomic E-state index is 12.7. The number of aromatic nitrogens is 2. The molecule has 6 nitrogen and oxygen atoms in total. The molecule has 2 unspecified atom stereocenters. The fraction of sp³-hybridized carbons (Fsp3) is 0.684. The summed E-state index contributed by atoms with van der Waals surface area (Å²) in [5, 5.41) is 7.41. The van der Waals surface area contributed by atoms with Gasteiger partial charge in [-0.1, -0.05) is 12.2 Å². The van der Waals surface area contributed by atoms with Gasteiger partial charge < -0.3 is 15.0 Å². The first-order valence-corrected chi connectivity index (χ1v) is 9.50. The SMILES string of the molecule is Cn1cc([C@@H]2OCC[C@H]2CNC(=O)N2C[C@@H]3C4C=CC(C4)[C@@H]3C2)cn1. The van der Waals surface area contributed by atoms with E-state index in [4.69, 9.17) is 4.74 Å². The number of carbonyl (C=O) groups is 1. The zero-order chi connectivity index (χ0) is 17.0. The molecule has 6 atom stereocenters. The largest absolute Gasteiger partial charge is 0.373 e. The standard InChI is InChI=1S/C19H26N4O2/c1-22-9-15(8-21-22)18-14(4-5-25-18)7-20-19(24)23-10-16-12-2-3-13(6-12)17(16)11-23/h2-3,8-9,12-14,16-18H,4-7,10-11H2,1H3,(H,20,24)/t12?,13?,14-,16-,17+,18+/m0/s1. The molecule has 1 saturated carbocycles. The first-order chi connectivity index (χ1) is 12.2. The molecule has 0 aromatic carbocycles. The Morgan fingerprint density at radius 3 is 2.76 bits per heavy atom. The molecular weight excluding hydrogens is 316 g/mol. The Balaban J connectivity index is 1.17. The van der Waals surface area contributed by atoms with E-state index in [0.717, 1.165) is 31.7 Å². The number of hydrogen-bond donors (Lipinski definition) is 1. The summed E-state index contributed by atoms with van der Waals surface area (Å²) in [6, 6.07) is 0.102. The van der Waals surface area contributed by atoms with Crippen molar-refractivity contribution >= 4 is 6.03 Å². The minimum atomic E-state index is 0.0482. The lowest BCUT2D eigenvalue weighted by molar-refractivity contribution is 0.0905. The van der Waals surface area contributed by atoms with Crippen LogP contribution in [0.3, 0.4) is 0 Å². The van der Waals surface area contributed by atoms with Gasteiger partial charge in [-0.05, 0) is 36.5 Å². The van der Waals surface area contributed by atoms with E-state index in [2.05, 4.69) is 22.6 Å². The molecule has 2 bridgehead atoms. The van der Waals surface area contributed by atoms with Crippen LogP contribution in [0.25, 0.3) is 0 Å². The van der Waals surface area contributed by atoms with E-state index in [1.165, 1.54) is 6.42 Å². The van der Waals surface area contributed by atoms with Crippen molar-refractivity contribution in [2.75, 3.05) is 26.2 Å². The van der Waals surface area contributed by atoms with Crippen molar-refractivity contribution < 1.29 is 9.53 Å². The van der Waals surface area contributed by atoms with Crippen LogP contribution in [0.1, 0.15) is 24.5 Å². The van der Waals surface area contributed by atoms with Gasteiger partial charge in [0.15, 0.2) is 0 Å². The molecule has 3 fully saturated rings. The number of hydrogen-bond acceptors (Lipinski definition) is 3. The van der Waals surface area contributed by atoms with Gasteiger partial charge in [-0.15, -0.1) is 0 Å². The first-order valence-electron chi connectivity index (χ1n) is 9.50. The van der Waals surface area contributed by atoms with Crippen molar-refractivity contribution in [2.45, 2.75) is 18.9 Å². The number of fused-ring (bicyclic) bond motifs is 5. The van der Waals surface area contributed by atoms with Gasteiger partial charge >= 0.3 is 6.03 Å². The topological polar surface area (TPSA) is 59.4 Å². The lowest BCUT2D eigenvalue weighted by atomic mass is 9.86. The molecule has 134 valence electrons. The second-order valence-electron chi connectivity index (χ2n) is 8.15. The Labute approximate surface area is 148 Å². The molecule has 2 aliphatic heterocycles. The number of urea groups is 1. The fourth-order valence-corrected chi connectivity index (χ4v) is 5.45. The van der Waals surface area contributed by atoms with Crippen LogP contribution in [0.2, 0.25) is 0 Å². The van der Waals surface area contributed by atoms with Crippen molar-refractivity contribution in [3.05, 3.63) is 30.1 Å². The van der Waals surface area contributed by atoms with Crippen LogP contribution in [0.4, 0.5) is 4.79 Å². The zero-order valence-corrected chi connectivity index (χ0v) is 14.7. The molecule has 6 heteroatoms. The highest BCUT2D eigenvalue weighted by molar-refractivity contribution is 5.74. The number of ether oxygens (including phenoxy) is 1. The van der Waals surface area contributed by atoms with Gasteiger partial charge in [-0.25, -0.2) is 4.79 Å². The number of carbonyl (C=O) groups excluding carboxylic acids is 1. The van der Waals surface area contributed by atoms with Crippen LogP contribution in [-0.2, 0) is 11.8 Å². The molecular formula is C19H26N4O2. The predicted molar refractivity (Wildman–Crippen MR) is 92.7 cm³/mol. The Kier molecular flexibility index (Phi) is 3.62. The second-order valence-corrected chi connectivity index (χ2v) is 8.15. The highest BCUT2D eigenvalue weighted by Crippen LogP contribution is 2.51. The van der Waals surface area contributed by atoms with Gasteiger partial charge in [-0.3, -0.25) is 4.68 Å². The lowest BCUT2D eigenvalue weighted by Crippen LogP contribution is -2.41. The average Bonchev–Trinajstić information content (AvgIpc) is 3.38. The monoisotopic (exact) mass is 342 g/mol. The Morgan fingerprint density at radius 1 is 1.32 bits per heavy atom. The highest BCUT2D eigenvalue weighted by Gasteiger charge is 2.50. The highest BCUT2D eigenvalue weighted by atomic mass is 16.5. The summed E-state index contributed by atoms with van der Waals surface area (Å²) < 4.78 is 7.70. The smallest absolute Gasteiger partial charge is 0.317 e. The van der Waals surface area contributed by atoms with Crippen LogP contribution in [0, 0.1) is 29.6 Å². The molecule has 2 amide bonds. The molecule has 3 heterocycles. The summed E-state index contributed by atoms with van der Waals surface area (Å²) in [7, 11) is 1.92. The average molecular weight is 342 g/mol. The van der Waals surface area contributed by atoms with Gasteiger partial charge in [0.1, 0.15) is 0 Å². The van der Waals surface area contributed by atoms with Gasteiger partial charge in [0, 0.05) is 51.0 Å². The van der Waals surface area contributed by atoms with Crippen LogP contribution >= 0.6 is 0 Å². The predicted octanol–water partition coefficient (Wildman–Crippen LogP) is 1.96. The van der Waals surface area contributed by atoms with Gasteiger partial charge in [0.25, 0.3) is 0 Å². The van der Waals surface area contributed by atoms with Crippen molar-refractivity contribution in [1.29, 1.82) is 0 Å². The van der Waals surface area contributed by atoms with E-state index in [9.17, 15) is 4.79 Å². The van der Waals surface area contributed by atoms with Crippen molar-refractivity contribution in [2.24, 2.45) is 36.6 Å². The molecule has 1 N–H and O–H groups in total. The van der Waals surface area contributed by atoms with E-state index in [1.54, 1.807) is 4.68 Å². The van der Waals surface area contributed by atoms with Crippen molar-refractivity contribution in [3.63, 3.8) is 0 Å². The van der Waals surface area contributed by atoms with Crippen LogP contribution in [0.15, 0.2) is 24.5 Å². The Hall–Kier alpha value is -1.82. The van der Waals surface area contributed by atoms with E-state index >= 15 is 0 Å². The molecule has 0 radical (unpaired) electrons. The van der Waals surface area contributed by atoms with Crippen LogP contribution in [0.5, 0.6) is 0 Å². The lowest BCUT2D eigenvalue weighted by Gasteiger charge is -2.22. The minimum Gasteiger partial charge on any atom is -0.373 e. The van der Waals surface area contributed by atoms with Gasteiger partial charge in [0.05, 0.1) is 12.3 Å². The van der Waals surface area contributed by atoms with E-state index in [1.807, 2.05) is 24.3 Å². The maximum Gasteiger partial charge on any atom is 0.317 e. The molecule has 0 spiro atoms. The first kappa shape index (κ1) is 15.4. The molecule has 2 saturated heterocycles. The summed E-state index contributed by atoms with van der Waals surface area (Å²) in [4.78, 5) is 14.7. The summed E-state index contributed by atoms with van der Waals surface area (Å²) in [6.07, 6.45) is 11.0. The number of amides is 2. The molecule has 25 heavy (non-hydrogen) atoms. The number of aryl methyl sites for hydroxylation is 1. The third-order valence-corrected chi connectivity index (χ3v) is 6.73. The molecule has 1 aromatic rings. The summed E-state index contributed by atoms with van der Waals surface area (Å²) in [5.74, 6) is 3.14. The van der Waals surface area contributed by atoms with Crippen LogP contribution < -0.4 is 5.32 Å². The quantitative estimate of drug-likeness (QED) is 0.855. The van der Waals surface area contributed by atoms with E-state index < -0.39 is 0 Å². The molecule has 5 rings (SSSR count).